The number of para-hydroxylation sites is 1. The quantitative estimate of drug-likeness (QED) is 0.621. The molecule has 0 saturated carbocycles. The monoisotopic (exact) mass is 327 g/mol. The standard InChI is InChI=1S/C19H21NO4/c1-20-16-8-6-5-7-14(16)17(21)10-9-15-18(23-3)11-13(22-2)12-19(15)24-4/h5-12,20H,1-4H3. The van der Waals surface area contributed by atoms with Gasteiger partial charge in [-0.05, 0) is 24.3 Å². The average molecular weight is 327 g/mol. The van der Waals surface area contributed by atoms with Crippen molar-refractivity contribution in [1.29, 1.82) is 0 Å². The molecule has 5 nitrogen and oxygen atoms in total. The molecule has 0 heterocycles. The second-order valence-corrected chi connectivity index (χ2v) is 4.94. The van der Waals surface area contributed by atoms with Crippen LogP contribution in [0.4, 0.5) is 5.69 Å². The van der Waals surface area contributed by atoms with E-state index in [1.807, 2.05) is 18.2 Å². The fraction of sp³-hybridized carbons (Fsp3) is 0.211. The molecule has 0 unspecified atom stereocenters. The molecular weight excluding hydrogens is 306 g/mol. The third-order valence-corrected chi connectivity index (χ3v) is 3.62. The van der Waals surface area contributed by atoms with Gasteiger partial charge in [-0.2, -0.15) is 0 Å². The van der Waals surface area contributed by atoms with Crippen molar-refractivity contribution in [3.05, 3.63) is 53.6 Å². The highest BCUT2D eigenvalue weighted by atomic mass is 16.5. The number of hydrogen-bond acceptors (Lipinski definition) is 5. The van der Waals surface area contributed by atoms with Gasteiger partial charge in [0, 0.05) is 30.4 Å². The lowest BCUT2D eigenvalue weighted by molar-refractivity contribution is 0.104. The van der Waals surface area contributed by atoms with Gasteiger partial charge in [0.05, 0.1) is 26.9 Å². The fourth-order valence-electron chi connectivity index (χ4n) is 2.36. The number of nitrogens with one attached hydrogen (secondary N) is 1. The highest BCUT2D eigenvalue weighted by Crippen LogP contribution is 2.35. The van der Waals surface area contributed by atoms with Crippen molar-refractivity contribution < 1.29 is 19.0 Å². The van der Waals surface area contributed by atoms with Crippen molar-refractivity contribution in [2.75, 3.05) is 33.7 Å². The number of hydrogen-bond donors (Lipinski definition) is 1. The van der Waals surface area contributed by atoms with Crippen LogP contribution in [0.5, 0.6) is 17.2 Å². The van der Waals surface area contributed by atoms with E-state index in [0.717, 1.165) is 5.69 Å². The minimum atomic E-state index is -0.111. The van der Waals surface area contributed by atoms with Crippen molar-refractivity contribution >= 4 is 17.5 Å². The van der Waals surface area contributed by atoms with Crippen LogP contribution in [0.3, 0.4) is 0 Å². The van der Waals surface area contributed by atoms with Gasteiger partial charge in [-0.3, -0.25) is 4.79 Å². The molecule has 0 saturated heterocycles. The largest absolute Gasteiger partial charge is 0.496 e. The average Bonchev–Trinajstić information content (AvgIpc) is 2.65. The second-order valence-electron chi connectivity index (χ2n) is 4.94. The molecule has 0 aliphatic rings. The lowest BCUT2D eigenvalue weighted by atomic mass is 10.1. The molecule has 5 heteroatoms. The Morgan fingerprint density at radius 1 is 1.00 bits per heavy atom. The molecule has 0 radical (unpaired) electrons. The molecule has 2 aromatic carbocycles. The summed E-state index contributed by atoms with van der Waals surface area (Å²) in [6.07, 6.45) is 3.19. The molecule has 0 atom stereocenters. The van der Waals surface area contributed by atoms with Crippen molar-refractivity contribution in [1.82, 2.24) is 0 Å². The van der Waals surface area contributed by atoms with E-state index < -0.39 is 0 Å². The summed E-state index contributed by atoms with van der Waals surface area (Å²) in [7, 11) is 6.47. The molecule has 2 rings (SSSR count). The SMILES string of the molecule is CNc1ccccc1C(=O)C=Cc1c(OC)cc(OC)cc1OC. The molecule has 0 aliphatic carbocycles. The van der Waals surface area contributed by atoms with E-state index in [0.29, 0.717) is 28.4 Å². The van der Waals surface area contributed by atoms with Gasteiger partial charge < -0.3 is 19.5 Å². The van der Waals surface area contributed by atoms with E-state index in [1.54, 1.807) is 52.7 Å². The number of allylic oxidation sites excluding steroid dienone is 1. The van der Waals surface area contributed by atoms with E-state index in [9.17, 15) is 4.79 Å². The van der Waals surface area contributed by atoms with Gasteiger partial charge in [0.15, 0.2) is 5.78 Å². The summed E-state index contributed by atoms with van der Waals surface area (Å²) in [6, 6.07) is 10.8. The van der Waals surface area contributed by atoms with Gasteiger partial charge in [-0.25, -0.2) is 0 Å². The molecule has 0 fully saturated rings. The Kier molecular flexibility index (Phi) is 5.84. The smallest absolute Gasteiger partial charge is 0.187 e. The maximum Gasteiger partial charge on any atom is 0.187 e. The van der Waals surface area contributed by atoms with Gasteiger partial charge in [-0.1, -0.05) is 12.1 Å². The van der Waals surface area contributed by atoms with Crippen molar-refractivity contribution in [3.63, 3.8) is 0 Å². The highest BCUT2D eigenvalue weighted by molar-refractivity contribution is 6.10. The van der Waals surface area contributed by atoms with Crippen molar-refractivity contribution in [2.45, 2.75) is 0 Å². The molecule has 24 heavy (non-hydrogen) atoms. The first kappa shape index (κ1) is 17.4. The molecule has 126 valence electrons. The Balaban J connectivity index is 2.39. The summed E-state index contributed by atoms with van der Waals surface area (Å²) < 4.78 is 16.0. The molecular formula is C19H21NO4. The number of anilines is 1. The van der Waals surface area contributed by atoms with Gasteiger partial charge in [0.25, 0.3) is 0 Å². The predicted molar refractivity (Wildman–Crippen MR) is 95.5 cm³/mol. The first-order valence-electron chi connectivity index (χ1n) is 7.43. The molecule has 1 N–H and O–H groups in total. The topological polar surface area (TPSA) is 56.8 Å². The first-order chi connectivity index (χ1) is 11.6. The van der Waals surface area contributed by atoms with Crippen LogP contribution in [0.15, 0.2) is 42.5 Å². The Bertz CT molecular complexity index is 728. The third-order valence-electron chi connectivity index (χ3n) is 3.62. The molecule has 0 aromatic heterocycles. The maximum absolute atomic E-state index is 12.5. The predicted octanol–water partition coefficient (Wildman–Crippen LogP) is 3.65. The summed E-state index contributed by atoms with van der Waals surface area (Å²) in [4.78, 5) is 12.5. The normalized spacial score (nSPS) is 10.5. The Morgan fingerprint density at radius 3 is 2.17 bits per heavy atom. The fourth-order valence-corrected chi connectivity index (χ4v) is 2.36. The molecule has 0 spiro atoms. The Labute approximate surface area is 141 Å². The van der Waals surface area contributed by atoms with E-state index >= 15 is 0 Å². The lowest BCUT2D eigenvalue weighted by Crippen LogP contribution is -2.01. The van der Waals surface area contributed by atoms with Gasteiger partial charge in [0.1, 0.15) is 17.2 Å². The van der Waals surface area contributed by atoms with Crippen LogP contribution in [0.25, 0.3) is 6.08 Å². The van der Waals surface area contributed by atoms with Crippen LogP contribution in [-0.2, 0) is 0 Å². The second kappa shape index (κ2) is 8.06. The zero-order valence-electron chi connectivity index (χ0n) is 14.3. The van der Waals surface area contributed by atoms with E-state index in [-0.39, 0.29) is 5.78 Å². The van der Waals surface area contributed by atoms with Crippen LogP contribution in [0.1, 0.15) is 15.9 Å². The zero-order valence-corrected chi connectivity index (χ0v) is 14.3. The summed E-state index contributed by atoms with van der Waals surface area (Å²) in [5, 5.41) is 3.01. The molecule has 0 aliphatic heterocycles. The van der Waals surface area contributed by atoms with E-state index in [2.05, 4.69) is 5.32 Å². The number of methoxy groups -OCH3 is 3. The minimum absolute atomic E-state index is 0.111. The number of rotatable bonds is 7. The number of carbonyl (C=O) groups is 1. The van der Waals surface area contributed by atoms with Crippen LogP contribution in [0, 0.1) is 0 Å². The minimum Gasteiger partial charge on any atom is -0.496 e. The third kappa shape index (κ3) is 3.68. The summed E-state index contributed by atoms with van der Waals surface area (Å²) in [5.74, 6) is 1.64. The Hall–Kier alpha value is -2.95. The van der Waals surface area contributed by atoms with E-state index in [4.69, 9.17) is 14.2 Å². The number of benzene rings is 2. The summed E-state index contributed by atoms with van der Waals surface area (Å²) in [5.41, 5.74) is 2.06. The Morgan fingerprint density at radius 2 is 1.62 bits per heavy atom. The summed E-state index contributed by atoms with van der Waals surface area (Å²) in [6.45, 7) is 0. The van der Waals surface area contributed by atoms with Crippen molar-refractivity contribution in [2.24, 2.45) is 0 Å². The van der Waals surface area contributed by atoms with Crippen LogP contribution in [-0.4, -0.2) is 34.2 Å². The molecule has 2 aromatic rings. The highest BCUT2D eigenvalue weighted by Gasteiger charge is 2.12. The molecule has 0 amide bonds. The van der Waals surface area contributed by atoms with Gasteiger partial charge in [-0.15, -0.1) is 0 Å². The van der Waals surface area contributed by atoms with Crippen LogP contribution < -0.4 is 19.5 Å². The van der Waals surface area contributed by atoms with Crippen molar-refractivity contribution in [3.8, 4) is 17.2 Å². The van der Waals surface area contributed by atoms with Crippen LogP contribution >= 0.6 is 0 Å². The number of ether oxygens (including phenoxy) is 3. The summed E-state index contributed by atoms with van der Waals surface area (Å²) >= 11 is 0. The lowest BCUT2D eigenvalue weighted by Gasteiger charge is -2.12. The number of ketones is 1. The number of carbonyl (C=O) groups excluding carboxylic acids is 1. The van der Waals surface area contributed by atoms with Gasteiger partial charge >= 0.3 is 0 Å². The first-order valence-corrected chi connectivity index (χ1v) is 7.43. The zero-order chi connectivity index (χ0) is 17.5. The van der Waals surface area contributed by atoms with Gasteiger partial charge in [0.2, 0.25) is 0 Å². The van der Waals surface area contributed by atoms with E-state index in [1.165, 1.54) is 6.08 Å². The molecule has 0 bridgehead atoms. The maximum atomic E-state index is 12.5. The van der Waals surface area contributed by atoms with Crippen LogP contribution in [0.2, 0.25) is 0 Å².